The SMILES string of the molecule is COc1ccc2c3c1O[C@H]1[C@H](N(CC(C)C)C(=O)C=Cc4cccc(OC(F)(F)F)c4)CC[C@@]4(O)[C@@H](C2)N(CCc2ccccc2)CC[C@]314. The number of carbonyl (C=O) groups is 1. The van der Waals surface area contributed by atoms with Gasteiger partial charge in [0.2, 0.25) is 5.91 Å². The van der Waals surface area contributed by atoms with Crippen molar-refractivity contribution in [2.24, 2.45) is 5.92 Å². The average Bonchev–Trinajstić information content (AvgIpc) is 3.41. The second kappa shape index (κ2) is 12.7. The van der Waals surface area contributed by atoms with Gasteiger partial charge in [0.15, 0.2) is 11.5 Å². The van der Waals surface area contributed by atoms with Crippen LogP contribution in [0.1, 0.15) is 55.4 Å². The number of carbonyl (C=O) groups excluding carboxylic acids is 1. The van der Waals surface area contributed by atoms with E-state index in [2.05, 4.69) is 40.0 Å². The van der Waals surface area contributed by atoms with E-state index >= 15 is 0 Å². The summed E-state index contributed by atoms with van der Waals surface area (Å²) in [5, 5.41) is 13.0. The highest BCUT2D eigenvalue weighted by Gasteiger charge is 2.73. The quantitative estimate of drug-likeness (QED) is 0.246. The van der Waals surface area contributed by atoms with Crippen molar-refractivity contribution >= 4 is 12.0 Å². The highest BCUT2D eigenvalue weighted by atomic mass is 19.4. The molecule has 7 nitrogen and oxygen atoms in total. The molecule has 1 saturated heterocycles. The largest absolute Gasteiger partial charge is 0.573 e. The summed E-state index contributed by atoms with van der Waals surface area (Å²) < 4.78 is 55.3. The number of nitrogens with zero attached hydrogens (tertiary/aromatic N) is 2. The molecule has 10 heteroatoms. The summed E-state index contributed by atoms with van der Waals surface area (Å²) in [5.41, 5.74) is 2.05. The van der Waals surface area contributed by atoms with E-state index in [9.17, 15) is 23.1 Å². The number of benzene rings is 3. The van der Waals surface area contributed by atoms with E-state index in [-0.39, 0.29) is 29.7 Å². The second-order valence-corrected chi connectivity index (χ2v) is 14.3. The van der Waals surface area contributed by atoms with Crippen LogP contribution in [0.5, 0.6) is 17.2 Å². The first-order valence-corrected chi connectivity index (χ1v) is 17.2. The molecule has 2 heterocycles. The molecule has 1 saturated carbocycles. The second-order valence-electron chi connectivity index (χ2n) is 14.3. The number of rotatable bonds is 10. The molecular formula is C39H43F3N2O5. The third-order valence-electron chi connectivity index (χ3n) is 11.0. The Kier molecular flexibility index (Phi) is 8.68. The molecule has 3 aromatic rings. The zero-order valence-corrected chi connectivity index (χ0v) is 28.1. The first-order valence-electron chi connectivity index (χ1n) is 17.2. The number of piperidine rings is 1. The lowest BCUT2D eigenvalue weighted by Crippen LogP contribution is -2.78. The monoisotopic (exact) mass is 676 g/mol. The van der Waals surface area contributed by atoms with E-state index in [0.29, 0.717) is 49.3 Å². The smallest absolute Gasteiger partial charge is 0.493 e. The molecule has 3 aromatic carbocycles. The summed E-state index contributed by atoms with van der Waals surface area (Å²) in [4.78, 5) is 18.4. The van der Waals surface area contributed by atoms with Gasteiger partial charge >= 0.3 is 6.36 Å². The molecule has 0 radical (unpaired) electrons. The van der Waals surface area contributed by atoms with Crippen LogP contribution >= 0.6 is 0 Å². The summed E-state index contributed by atoms with van der Waals surface area (Å²) in [6.07, 6.45) is 0.922. The minimum atomic E-state index is -4.81. The lowest BCUT2D eigenvalue weighted by molar-refractivity contribution is -0.274. The van der Waals surface area contributed by atoms with Gasteiger partial charge in [0, 0.05) is 30.8 Å². The van der Waals surface area contributed by atoms with Gasteiger partial charge in [-0.2, -0.15) is 0 Å². The lowest BCUT2D eigenvalue weighted by Gasteiger charge is -2.65. The Morgan fingerprint density at radius 3 is 2.65 bits per heavy atom. The van der Waals surface area contributed by atoms with Crippen LogP contribution in [0.2, 0.25) is 0 Å². The zero-order valence-electron chi connectivity index (χ0n) is 28.1. The molecule has 2 fully saturated rings. The van der Waals surface area contributed by atoms with Crippen LogP contribution in [0.4, 0.5) is 13.2 Å². The lowest BCUT2D eigenvalue weighted by atomic mass is 9.48. The number of halogens is 3. The van der Waals surface area contributed by atoms with Crippen molar-refractivity contribution in [1.29, 1.82) is 0 Å². The maximum absolute atomic E-state index is 14.1. The Hall–Kier alpha value is -4.02. The van der Waals surface area contributed by atoms with E-state index in [1.54, 1.807) is 13.2 Å². The van der Waals surface area contributed by atoms with Crippen molar-refractivity contribution in [3.05, 3.63) is 95.1 Å². The maximum atomic E-state index is 14.1. The fraction of sp³-hybridized carbons (Fsp3) is 0.462. The Morgan fingerprint density at radius 1 is 1.12 bits per heavy atom. The predicted molar refractivity (Wildman–Crippen MR) is 180 cm³/mol. The average molecular weight is 677 g/mol. The molecule has 260 valence electrons. The number of alkyl halides is 3. The van der Waals surface area contributed by atoms with Gasteiger partial charge in [0.25, 0.3) is 0 Å². The number of hydrogen-bond donors (Lipinski definition) is 1. The minimum Gasteiger partial charge on any atom is -0.493 e. The van der Waals surface area contributed by atoms with Gasteiger partial charge in [0.05, 0.1) is 24.2 Å². The van der Waals surface area contributed by atoms with Crippen molar-refractivity contribution in [2.45, 2.75) is 81.5 Å². The van der Waals surface area contributed by atoms with Crippen molar-refractivity contribution in [1.82, 2.24) is 9.80 Å². The maximum Gasteiger partial charge on any atom is 0.573 e. The molecule has 2 aliphatic carbocycles. The Labute approximate surface area is 285 Å². The van der Waals surface area contributed by atoms with Crippen LogP contribution in [0.3, 0.4) is 0 Å². The van der Waals surface area contributed by atoms with Gasteiger partial charge in [-0.1, -0.05) is 62.4 Å². The van der Waals surface area contributed by atoms with Gasteiger partial charge in [-0.15, -0.1) is 13.2 Å². The normalized spacial score (nSPS) is 27.1. The van der Waals surface area contributed by atoms with Crippen molar-refractivity contribution in [2.75, 3.05) is 26.7 Å². The highest BCUT2D eigenvalue weighted by molar-refractivity contribution is 5.92. The molecule has 1 amide bonds. The molecule has 7 rings (SSSR count). The molecule has 49 heavy (non-hydrogen) atoms. The first kappa shape index (κ1) is 33.5. The molecule has 4 aliphatic rings. The van der Waals surface area contributed by atoms with Crippen molar-refractivity contribution < 1.29 is 37.3 Å². The topological polar surface area (TPSA) is 71.5 Å². The van der Waals surface area contributed by atoms with E-state index in [1.165, 1.54) is 35.9 Å². The summed E-state index contributed by atoms with van der Waals surface area (Å²) in [7, 11) is 1.62. The number of likely N-dealkylation sites (tertiary alicyclic amines) is 1. The van der Waals surface area contributed by atoms with Crippen LogP contribution in [0, 0.1) is 5.92 Å². The number of methoxy groups -OCH3 is 1. The molecular weight excluding hydrogens is 633 g/mol. The number of ether oxygens (including phenoxy) is 3. The summed E-state index contributed by atoms with van der Waals surface area (Å²) >= 11 is 0. The van der Waals surface area contributed by atoms with E-state index in [0.717, 1.165) is 30.6 Å². The van der Waals surface area contributed by atoms with Crippen LogP contribution in [0.25, 0.3) is 6.08 Å². The molecule has 0 unspecified atom stereocenters. The van der Waals surface area contributed by atoms with Crippen LogP contribution < -0.4 is 14.2 Å². The third kappa shape index (κ3) is 5.86. The zero-order chi connectivity index (χ0) is 34.6. The fourth-order valence-corrected chi connectivity index (χ4v) is 9.12. The number of aliphatic hydroxyl groups is 1. The summed E-state index contributed by atoms with van der Waals surface area (Å²) in [5.74, 6) is 0.807. The van der Waals surface area contributed by atoms with E-state index in [1.807, 2.05) is 30.9 Å². The number of amides is 1. The van der Waals surface area contributed by atoms with Gasteiger partial charge in [-0.05, 0) is 85.5 Å². The summed E-state index contributed by atoms with van der Waals surface area (Å²) in [6, 6.07) is 19.6. The predicted octanol–water partition coefficient (Wildman–Crippen LogP) is 6.56. The van der Waals surface area contributed by atoms with Crippen molar-refractivity contribution in [3.8, 4) is 17.2 Å². The Bertz CT molecular complexity index is 1730. The van der Waals surface area contributed by atoms with E-state index in [4.69, 9.17) is 9.47 Å². The molecule has 0 aromatic heterocycles. The number of hydrogen-bond acceptors (Lipinski definition) is 6. The highest BCUT2D eigenvalue weighted by Crippen LogP contribution is 2.66. The Morgan fingerprint density at radius 2 is 1.92 bits per heavy atom. The van der Waals surface area contributed by atoms with Crippen molar-refractivity contribution in [3.63, 3.8) is 0 Å². The molecule has 2 bridgehead atoms. The minimum absolute atomic E-state index is 0.107. The van der Waals surface area contributed by atoms with Crippen LogP contribution in [0.15, 0.2) is 72.8 Å². The Balaban J connectivity index is 1.22. The first-order chi connectivity index (χ1) is 23.4. The van der Waals surface area contributed by atoms with Crippen LogP contribution in [-0.2, 0) is 23.1 Å². The molecule has 1 N–H and O–H groups in total. The summed E-state index contributed by atoms with van der Waals surface area (Å²) in [6.45, 7) is 6.17. The molecule has 2 aliphatic heterocycles. The van der Waals surface area contributed by atoms with Crippen LogP contribution in [-0.4, -0.2) is 77.7 Å². The van der Waals surface area contributed by atoms with Gasteiger partial charge in [-0.25, -0.2) is 0 Å². The molecule has 5 atom stereocenters. The fourth-order valence-electron chi connectivity index (χ4n) is 9.12. The van der Waals surface area contributed by atoms with E-state index < -0.39 is 23.5 Å². The standard InChI is InChI=1S/C39H43F3N2O5/c1-25(2)24-44(33(45)15-12-27-10-7-11-29(22-27)49-39(40,41)42)30-16-18-38(46)32-23-28-13-14-31(47-3)35-34(28)37(38,36(30)48-35)19-21-43(32)20-17-26-8-5-4-6-9-26/h4-15,22,25,30,32,36,46H,16-21,23-24H2,1-3H3/t30-,32-,36+,37+,38-/m1/s1. The third-order valence-corrected chi connectivity index (χ3v) is 11.0. The van der Waals surface area contributed by atoms with Gasteiger partial charge < -0.3 is 24.2 Å². The van der Waals surface area contributed by atoms with Gasteiger partial charge in [-0.3, -0.25) is 9.69 Å². The van der Waals surface area contributed by atoms with Gasteiger partial charge in [0.1, 0.15) is 11.9 Å². The molecule has 1 spiro atoms.